The van der Waals surface area contributed by atoms with Crippen molar-refractivity contribution in [1.82, 2.24) is 4.98 Å². The van der Waals surface area contributed by atoms with Crippen molar-refractivity contribution in [3.05, 3.63) is 66.9 Å². The summed E-state index contributed by atoms with van der Waals surface area (Å²) in [5, 5.41) is 12.8. The lowest BCUT2D eigenvalue weighted by molar-refractivity contribution is 0.549. The summed E-state index contributed by atoms with van der Waals surface area (Å²) in [5.74, 6) is 0.599. The van der Waals surface area contributed by atoms with Gasteiger partial charge in [0.15, 0.2) is 0 Å². The van der Waals surface area contributed by atoms with E-state index in [9.17, 15) is 0 Å². The second-order valence-electron chi connectivity index (χ2n) is 4.43. The zero-order valence-corrected chi connectivity index (χ0v) is 11.6. The predicted molar refractivity (Wildman–Crippen MR) is 85.5 cm³/mol. The van der Waals surface area contributed by atoms with Crippen LogP contribution in [-0.4, -0.2) is 11.0 Å². The van der Waals surface area contributed by atoms with Gasteiger partial charge in [0.05, 0.1) is 11.2 Å². The third-order valence-electron chi connectivity index (χ3n) is 3.00. The molecule has 0 amide bonds. The zero-order valence-electron chi connectivity index (χ0n) is 11.6. The standard InChI is InChI=1S/C17H12N4O/c18-12-20-17(22-13-6-2-1-3-7-13)21-16-10-4-9-15-14(16)8-5-11-19-15/h1-11H,(H,20,21). The fraction of sp³-hybridized carbons (Fsp3) is 0. The molecular weight excluding hydrogens is 276 g/mol. The highest BCUT2D eigenvalue weighted by Gasteiger charge is 2.07. The first-order chi connectivity index (χ1) is 10.9. The Morgan fingerprint density at radius 2 is 1.91 bits per heavy atom. The third kappa shape index (κ3) is 3.02. The molecule has 1 heterocycles. The lowest BCUT2D eigenvalue weighted by atomic mass is 10.2. The predicted octanol–water partition coefficient (Wildman–Crippen LogP) is 3.56. The number of hydrogen-bond donors (Lipinski definition) is 1. The number of nitriles is 1. The van der Waals surface area contributed by atoms with Gasteiger partial charge in [0.2, 0.25) is 6.19 Å². The summed E-state index contributed by atoms with van der Waals surface area (Å²) in [7, 11) is 0. The maximum atomic E-state index is 8.84. The van der Waals surface area contributed by atoms with E-state index in [0.29, 0.717) is 5.75 Å². The van der Waals surface area contributed by atoms with Crippen LogP contribution in [-0.2, 0) is 0 Å². The number of anilines is 1. The zero-order chi connectivity index (χ0) is 15.2. The lowest BCUT2D eigenvalue weighted by Gasteiger charge is -2.11. The molecule has 22 heavy (non-hydrogen) atoms. The van der Waals surface area contributed by atoms with Crippen molar-refractivity contribution in [1.29, 1.82) is 5.26 Å². The number of nitrogens with one attached hydrogen (secondary N) is 1. The monoisotopic (exact) mass is 288 g/mol. The lowest BCUT2D eigenvalue weighted by Crippen LogP contribution is -2.19. The van der Waals surface area contributed by atoms with Crippen LogP contribution < -0.4 is 10.1 Å². The van der Waals surface area contributed by atoms with E-state index in [1.54, 1.807) is 24.5 Å². The Morgan fingerprint density at radius 3 is 2.73 bits per heavy atom. The number of amidine groups is 1. The van der Waals surface area contributed by atoms with Crippen LogP contribution in [0.4, 0.5) is 5.69 Å². The summed E-state index contributed by atoms with van der Waals surface area (Å²) >= 11 is 0. The van der Waals surface area contributed by atoms with Gasteiger partial charge in [-0.05, 0) is 36.4 Å². The molecule has 1 aromatic heterocycles. The number of hydrogen-bond acceptors (Lipinski definition) is 4. The van der Waals surface area contributed by atoms with Crippen molar-refractivity contribution in [2.24, 2.45) is 4.99 Å². The normalized spacial score (nSPS) is 11.0. The molecule has 0 aliphatic rings. The molecular formula is C17H12N4O. The van der Waals surface area contributed by atoms with Gasteiger partial charge in [-0.25, -0.2) is 0 Å². The number of ether oxygens (including phenoxy) is 1. The molecule has 5 nitrogen and oxygen atoms in total. The molecule has 0 saturated carbocycles. The Morgan fingerprint density at radius 1 is 1.05 bits per heavy atom. The van der Waals surface area contributed by atoms with Crippen LogP contribution in [0.15, 0.2) is 71.9 Å². The molecule has 0 fully saturated rings. The van der Waals surface area contributed by atoms with Crippen LogP contribution in [0.2, 0.25) is 0 Å². The Kier molecular flexibility index (Phi) is 3.94. The van der Waals surface area contributed by atoms with E-state index in [1.807, 2.05) is 48.5 Å². The summed E-state index contributed by atoms with van der Waals surface area (Å²) in [6.45, 7) is 0. The average molecular weight is 288 g/mol. The largest absolute Gasteiger partial charge is 0.425 e. The number of para-hydroxylation sites is 1. The Bertz CT molecular complexity index is 848. The molecule has 0 spiro atoms. The number of aromatic nitrogens is 1. The Labute approximate surface area is 127 Å². The van der Waals surface area contributed by atoms with Gasteiger partial charge in [-0.3, -0.25) is 4.98 Å². The molecule has 0 unspecified atom stereocenters. The molecule has 5 heteroatoms. The first kappa shape index (κ1) is 13.6. The molecule has 3 aromatic rings. The molecule has 0 saturated heterocycles. The average Bonchev–Trinajstić information content (AvgIpc) is 2.56. The number of nitrogens with zero attached hydrogens (tertiary/aromatic N) is 3. The number of fused-ring (bicyclic) bond motifs is 1. The quantitative estimate of drug-likeness (QED) is 0.444. The van der Waals surface area contributed by atoms with Crippen molar-refractivity contribution in [2.45, 2.75) is 0 Å². The molecule has 2 aromatic carbocycles. The SMILES string of the molecule is N#C/N=C(\Nc1cccc2ncccc12)Oc1ccccc1. The van der Waals surface area contributed by atoms with Gasteiger partial charge in [0.25, 0.3) is 0 Å². The molecule has 106 valence electrons. The fourth-order valence-electron chi connectivity index (χ4n) is 2.05. The van der Waals surface area contributed by atoms with Gasteiger partial charge < -0.3 is 10.1 Å². The van der Waals surface area contributed by atoms with E-state index in [-0.39, 0.29) is 6.02 Å². The first-order valence-electron chi connectivity index (χ1n) is 6.67. The second-order valence-corrected chi connectivity index (χ2v) is 4.43. The molecule has 0 atom stereocenters. The van der Waals surface area contributed by atoms with Crippen molar-refractivity contribution >= 4 is 22.6 Å². The second kappa shape index (κ2) is 6.37. The molecule has 0 radical (unpaired) electrons. The minimum absolute atomic E-state index is 0.116. The van der Waals surface area contributed by atoms with Crippen molar-refractivity contribution < 1.29 is 4.74 Å². The van der Waals surface area contributed by atoms with Gasteiger partial charge in [-0.1, -0.05) is 24.3 Å². The van der Waals surface area contributed by atoms with Crippen LogP contribution in [0.3, 0.4) is 0 Å². The summed E-state index contributed by atoms with van der Waals surface area (Å²) in [6.07, 6.45) is 3.47. The number of aliphatic imine (C=N–C) groups is 1. The highest BCUT2D eigenvalue weighted by molar-refractivity contribution is 6.01. The molecule has 1 N–H and O–H groups in total. The summed E-state index contributed by atoms with van der Waals surface area (Å²) in [5.41, 5.74) is 1.62. The van der Waals surface area contributed by atoms with Gasteiger partial charge in [0.1, 0.15) is 5.75 Å². The van der Waals surface area contributed by atoms with Crippen LogP contribution in [0.5, 0.6) is 5.75 Å². The van der Waals surface area contributed by atoms with E-state index in [1.165, 1.54) is 0 Å². The minimum atomic E-state index is 0.116. The molecule has 0 aliphatic carbocycles. The topological polar surface area (TPSA) is 70.3 Å². The van der Waals surface area contributed by atoms with Gasteiger partial charge in [-0.15, -0.1) is 4.99 Å². The van der Waals surface area contributed by atoms with E-state index in [4.69, 9.17) is 10.00 Å². The molecule has 3 rings (SSSR count). The van der Waals surface area contributed by atoms with Crippen LogP contribution in [0.1, 0.15) is 0 Å². The van der Waals surface area contributed by atoms with Crippen molar-refractivity contribution in [3.63, 3.8) is 0 Å². The van der Waals surface area contributed by atoms with E-state index in [0.717, 1.165) is 16.6 Å². The summed E-state index contributed by atoms with van der Waals surface area (Å²) in [6, 6.07) is 18.8. The van der Waals surface area contributed by atoms with E-state index in [2.05, 4.69) is 15.3 Å². The van der Waals surface area contributed by atoms with Crippen LogP contribution >= 0.6 is 0 Å². The van der Waals surface area contributed by atoms with Crippen molar-refractivity contribution in [2.75, 3.05) is 5.32 Å². The summed E-state index contributed by atoms with van der Waals surface area (Å²) in [4.78, 5) is 7.98. The van der Waals surface area contributed by atoms with Gasteiger partial charge in [-0.2, -0.15) is 5.26 Å². The van der Waals surface area contributed by atoms with Crippen LogP contribution in [0.25, 0.3) is 10.9 Å². The maximum absolute atomic E-state index is 8.84. The Balaban J connectivity index is 1.91. The maximum Gasteiger partial charge on any atom is 0.310 e. The van der Waals surface area contributed by atoms with Gasteiger partial charge >= 0.3 is 6.02 Å². The first-order valence-corrected chi connectivity index (χ1v) is 6.67. The highest BCUT2D eigenvalue weighted by atomic mass is 16.5. The van der Waals surface area contributed by atoms with Gasteiger partial charge in [0, 0.05) is 11.6 Å². The van der Waals surface area contributed by atoms with Crippen LogP contribution in [0, 0.1) is 11.5 Å². The fourth-order valence-corrected chi connectivity index (χ4v) is 2.05. The smallest absolute Gasteiger partial charge is 0.310 e. The van der Waals surface area contributed by atoms with E-state index >= 15 is 0 Å². The number of pyridine rings is 1. The Hall–Kier alpha value is -3.39. The minimum Gasteiger partial charge on any atom is -0.425 e. The van der Waals surface area contributed by atoms with E-state index < -0.39 is 0 Å². The van der Waals surface area contributed by atoms with Crippen molar-refractivity contribution in [3.8, 4) is 11.9 Å². The molecule has 0 bridgehead atoms. The highest BCUT2D eigenvalue weighted by Crippen LogP contribution is 2.21. The number of benzene rings is 2. The third-order valence-corrected chi connectivity index (χ3v) is 3.00. The molecule has 0 aliphatic heterocycles. The number of rotatable bonds is 2. The summed E-state index contributed by atoms with van der Waals surface area (Å²) < 4.78 is 5.60.